The van der Waals surface area contributed by atoms with Gasteiger partial charge < -0.3 is 10.6 Å². The summed E-state index contributed by atoms with van der Waals surface area (Å²) in [6.45, 7) is 3.08. The lowest BCUT2D eigenvalue weighted by Gasteiger charge is -2.33. The molecule has 0 amide bonds. The molecule has 0 aliphatic heterocycles. The topological polar surface area (TPSA) is 29.3 Å². The van der Waals surface area contributed by atoms with Gasteiger partial charge in [-0.05, 0) is 18.8 Å². The molecule has 0 radical (unpaired) electrons. The van der Waals surface area contributed by atoms with Gasteiger partial charge in [-0.3, -0.25) is 0 Å². The molecule has 1 aliphatic rings. The molecule has 0 heterocycles. The third-order valence-electron chi connectivity index (χ3n) is 2.81. The number of allylic oxidation sites excluding steroid dienone is 1. The second-order valence-electron chi connectivity index (χ2n) is 3.92. The number of hydrogen-bond donors (Lipinski definition) is 1. The van der Waals surface area contributed by atoms with Crippen LogP contribution >= 0.6 is 0 Å². The maximum absolute atomic E-state index is 5.75. The standard InChI is InChI=1S/C10H20N2/c1-8-5-4-6-10(12(2)3)9(8)7-11/h6,8-9H,4-5,7,11H2,1-3H3. The summed E-state index contributed by atoms with van der Waals surface area (Å²) in [5.41, 5.74) is 7.18. The summed E-state index contributed by atoms with van der Waals surface area (Å²) in [5, 5.41) is 0. The van der Waals surface area contributed by atoms with Crippen LogP contribution in [0.15, 0.2) is 11.8 Å². The molecule has 0 aromatic heterocycles. The predicted molar refractivity (Wildman–Crippen MR) is 52.7 cm³/mol. The van der Waals surface area contributed by atoms with E-state index >= 15 is 0 Å². The van der Waals surface area contributed by atoms with Crippen LogP contribution < -0.4 is 5.73 Å². The summed E-state index contributed by atoms with van der Waals surface area (Å²) >= 11 is 0. The molecule has 0 saturated carbocycles. The van der Waals surface area contributed by atoms with Crippen LogP contribution in [0.2, 0.25) is 0 Å². The second kappa shape index (κ2) is 3.94. The third kappa shape index (κ3) is 1.81. The fourth-order valence-electron chi connectivity index (χ4n) is 2.01. The summed E-state index contributed by atoms with van der Waals surface area (Å²) in [6.07, 6.45) is 4.84. The fourth-order valence-corrected chi connectivity index (χ4v) is 2.01. The van der Waals surface area contributed by atoms with E-state index in [0.717, 1.165) is 12.5 Å². The molecule has 12 heavy (non-hydrogen) atoms. The van der Waals surface area contributed by atoms with Gasteiger partial charge in [0.15, 0.2) is 0 Å². The monoisotopic (exact) mass is 168 g/mol. The van der Waals surface area contributed by atoms with Crippen molar-refractivity contribution in [1.29, 1.82) is 0 Å². The highest BCUT2D eigenvalue weighted by Gasteiger charge is 2.24. The predicted octanol–water partition coefficient (Wildman–Crippen LogP) is 1.44. The molecule has 70 valence electrons. The van der Waals surface area contributed by atoms with Crippen molar-refractivity contribution in [2.45, 2.75) is 19.8 Å². The normalized spacial score (nSPS) is 29.8. The summed E-state index contributed by atoms with van der Waals surface area (Å²) in [4.78, 5) is 2.20. The lowest BCUT2D eigenvalue weighted by Crippen LogP contribution is -2.32. The Hall–Kier alpha value is -0.500. The van der Waals surface area contributed by atoms with Crippen LogP contribution in [0, 0.1) is 11.8 Å². The summed E-state index contributed by atoms with van der Waals surface area (Å²) in [6, 6.07) is 0. The van der Waals surface area contributed by atoms with E-state index in [-0.39, 0.29) is 0 Å². The van der Waals surface area contributed by atoms with Crippen LogP contribution in [0.5, 0.6) is 0 Å². The molecule has 2 N–H and O–H groups in total. The SMILES string of the molecule is CC1CCC=C(N(C)C)C1CN. The van der Waals surface area contributed by atoms with E-state index in [1.165, 1.54) is 18.5 Å². The van der Waals surface area contributed by atoms with Gasteiger partial charge in [-0.15, -0.1) is 0 Å². The Bertz CT molecular complexity index is 173. The molecule has 0 bridgehead atoms. The van der Waals surface area contributed by atoms with Crippen molar-refractivity contribution in [3.8, 4) is 0 Å². The van der Waals surface area contributed by atoms with E-state index in [1.54, 1.807) is 0 Å². The third-order valence-corrected chi connectivity index (χ3v) is 2.81. The van der Waals surface area contributed by atoms with Gasteiger partial charge in [-0.25, -0.2) is 0 Å². The van der Waals surface area contributed by atoms with Gasteiger partial charge in [0.2, 0.25) is 0 Å². The molecule has 0 aromatic rings. The Labute approximate surface area is 75.4 Å². The van der Waals surface area contributed by atoms with Gasteiger partial charge >= 0.3 is 0 Å². The lowest BCUT2D eigenvalue weighted by atomic mass is 9.82. The number of hydrogen-bond acceptors (Lipinski definition) is 2. The molecular weight excluding hydrogens is 148 g/mol. The Morgan fingerprint density at radius 2 is 2.25 bits per heavy atom. The first-order valence-corrected chi connectivity index (χ1v) is 4.74. The van der Waals surface area contributed by atoms with Gasteiger partial charge in [0.05, 0.1) is 0 Å². The van der Waals surface area contributed by atoms with E-state index < -0.39 is 0 Å². The van der Waals surface area contributed by atoms with Crippen molar-refractivity contribution in [1.82, 2.24) is 4.90 Å². The Morgan fingerprint density at radius 3 is 2.67 bits per heavy atom. The van der Waals surface area contributed by atoms with Crippen molar-refractivity contribution in [2.24, 2.45) is 17.6 Å². The summed E-state index contributed by atoms with van der Waals surface area (Å²) < 4.78 is 0. The van der Waals surface area contributed by atoms with Crippen molar-refractivity contribution >= 4 is 0 Å². The molecule has 2 atom stereocenters. The zero-order valence-electron chi connectivity index (χ0n) is 8.38. The van der Waals surface area contributed by atoms with Gasteiger partial charge in [0, 0.05) is 32.3 Å². The largest absolute Gasteiger partial charge is 0.381 e. The second-order valence-corrected chi connectivity index (χ2v) is 3.92. The molecule has 2 heteroatoms. The zero-order chi connectivity index (χ0) is 9.14. The van der Waals surface area contributed by atoms with Crippen LogP contribution in [0.1, 0.15) is 19.8 Å². The van der Waals surface area contributed by atoms with Crippen LogP contribution in [0.3, 0.4) is 0 Å². The highest BCUT2D eigenvalue weighted by atomic mass is 15.1. The number of rotatable bonds is 2. The summed E-state index contributed by atoms with van der Waals surface area (Å²) in [5.74, 6) is 1.33. The molecule has 0 spiro atoms. The van der Waals surface area contributed by atoms with E-state index in [2.05, 4.69) is 32.0 Å². The number of nitrogens with zero attached hydrogens (tertiary/aromatic N) is 1. The van der Waals surface area contributed by atoms with Crippen LogP contribution in [0.4, 0.5) is 0 Å². The maximum Gasteiger partial charge on any atom is 0.0134 e. The van der Waals surface area contributed by atoms with E-state index in [0.29, 0.717) is 5.92 Å². The van der Waals surface area contributed by atoms with Crippen molar-refractivity contribution in [3.63, 3.8) is 0 Å². The van der Waals surface area contributed by atoms with Crippen molar-refractivity contribution in [2.75, 3.05) is 20.6 Å². The average molecular weight is 168 g/mol. The fraction of sp³-hybridized carbons (Fsp3) is 0.800. The Balaban J connectivity index is 2.74. The number of nitrogens with two attached hydrogens (primary N) is 1. The minimum absolute atomic E-state index is 0.578. The highest BCUT2D eigenvalue weighted by Crippen LogP contribution is 2.30. The van der Waals surface area contributed by atoms with Crippen molar-refractivity contribution in [3.05, 3.63) is 11.8 Å². The molecule has 1 rings (SSSR count). The van der Waals surface area contributed by atoms with Crippen LogP contribution in [-0.4, -0.2) is 25.5 Å². The first-order chi connectivity index (χ1) is 5.66. The van der Waals surface area contributed by atoms with Gasteiger partial charge in [0.25, 0.3) is 0 Å². The smallest absolute Gasteiger partial charge is 0.0134 e. The molecule has 0 fully saturated rings. The van der Waals surface area contributed by atoms with Crippen LogP contribution in [-0.2, 0) is 0 Å². The average Bonchev–Trinajstić information content (AvgIpc) is 2.03. The Morgan fingerprint density at radius 1 is 1.58 bits per heavy atom. The quantitative estimate of drug-likeness (QED) is 0.676. The minimum atomic E-state index is 0.578. The molecule has 2 unspecified atom stereocenters. The minimum Gasteiger partial charge on any atom is -0.381 e. The first kappa shape index (κ1) is 9.59. The highest BCUT2D eigenvalue weighted by molar-refractivity contribution is 5.10. The molecule has 2 nitrogen and oxygen atoms in total. The van der Waals surface area contributed by atoms with Gasteiger partial charge in [0.1, 0.15) is 0 Å². The van der Waals surface area contributed by atoms with Crippen LogP contribution in [0.25, 0.3) is 0 Å². The molecule has 0 aromatic carbocycles. The maximum atomic E-state index is 5.75. The Kier molecular flexibility index (Phi) is 3.15. The van der Waals surface area contributed by atoms with Gasteiger partial charge in [-0.2, -0.15) is 0 Å². The zero-order valence-corrected chi connectivity index (χ0v) is 8.38. The summed E-state index contributed by atoms with van der Waals surface area (Å²) in [7, 11) is 4.21. The first-order valence-electron chi connectivity index (χ1n) is 4.74. The lowest BCUT2D eigenvalue weighted by molar-refractivity contribution is 0.302. The van der Waals surface area contributed by atoms with E-state index in [9.17, 15) is 0 Å². The molecule has 1 aliphatic carbocycles. The van der Waals surface area contributed by atoms with Gasteiger partial charge in [-0.1, -0.05) is 13.0 Å². The molecular formula is C10H20N2. The van der Waals surface area contributed by atoms with Crippen molar-refractivity contribution < 1.29 is 0 Å². The van der Waals surface area contributed by atoms with E-state index in [4.69, 9.17) is 5.73 Å². The van der Waals surface area contributed by atoms with E-state index in [1.807, 2.05) is 0 Å². The molecule has 0 saturated heterocycles.